The number of esters is 3. The number of anilines is 1. The van der Waals surface area contributed by atoms with Crippen molar-refractivity contribution in [3.8, 4) is 11.8 Å². The maximum Gasteiger partial charge on any atom is 0.459 e. The van der Waals surface area contributed by atoms with Crippen LogP contribution in [-0.4, -0.2) is 69.6 Å². The van der Waals surface area contributed by atoms with Crippen LogP contribution in [0.25, 0.3) is 5.52 Å². The zero-order chi connectivity index (χ0) is 39.8. The monoisotopic (exact) mass is 780 g/mol. The molecule has 16 nitrogen and oxygen atoms in total. The highest BCUT2D eigenvalue weighted by molar-refractivity contribution is 7.52. The van der Waals surface area contributed by atoms with Crippen LogP contribution in [0.15, 0.2) is 42.7 Å². The summed E-state index contributed by atoms with van der Waals surface area (Å²) in [5.74, 6) is -1.74. The highest BCUT2D eigenvalue weighted by atomic mass is 31.2. The molecular formula is C38H49N6O10P. The Balaban J connectivity index is 1.31. The van der Waals surface area contributed by atoms with Gasteiger partial charge in [-0.25, -0.2) is 14.1 Å². The molecule has 17 heteroatoms. The molecule has 3 aromatic rings. The number of nitrogens with one attached hydrogen (secondary N) is 1. The smallest absolute Gasteiger partial charge is 0.459 e. The zero-order valence-electron chi connectivity index (χ0n) is 32.0. The first-order chi connectivity index (χ1) is 26.0. The predicted molar refractivity (Wildman–Crippen MR) is 197 cm³/mol. The van der Waals surface area contributed by atoms with E-state index in [9.17, 15) is 24.2 Å². The average molecular weight is 781 g/mol. The van der Waals surface area contributed by atoms with Gasteiger partial charge in [0.25, 0.3) is 0 Å². The highest BCUT2D eigenvalue weighted by Gasteiger charge is 2.63. The van der Waals surface area contributed by atoms with Crippen molar-refractivity contribution in [1.29, 1.82) is 5.26 Å². The molecule has 3 heterocycles. The van der Waals surface area contributed by atoms with Gasteiger partial charge in [-0.1, -0.05) is 53.2 Å². The van der Waals surface area contributed by atoms with Crippen molar-refractivity contribution < 1.29 is 46.9 Å². The Kier molecular flexibility index (Phi) is 11.3. The van der Waals surface area contributed by atoms with E-state index >= 15 is 0 Å². The standard InChI is InChI=1S/C38H49N6O10P/c1-7-30(45)51-32-28(53-38(21-39,33(32)52-31(46)8-2)29-15-14-27-34(40)41-22-42-44(27)29)20-49-55(48,54-25-12-10-24(11-13-25)36(4,5)6)43-23(3)35(47)50-26-18-37(19-26)16-9-17-37/h10-15,22-23,26,28,32-33H,7-9,16-20H2,1-6H3,(H,43,48)(H2,40,41,42)/t23-,28+,32+,33+,38-,55?/m0/s1. The third-order valence-electron chi connectivity index (χ3n) is 10.6. The van der Waals surface area contributed by atoms with Crippen LogP contribution in [0.4, 0.5) is 5.82 Å². The van der Waals surface area contributed by atoms with Gasteiger partial charge >= 0.3 is 25.7 Å². The third kappa shape index (κ3) is 8.21. The van der Waals surface area contributed by atoms with Crippen LogP contribution >= 0.6 is 7.75 Å². The number of nitriles is 1. The molecule has 1 aromatic carbocycles. The Bertz CT molecular complexity index is 2000. The fraction of sp³-hybridized carbons (Fsp3) is 0.579. The van der Waals surface area contributed by atoms with Crippen LogP contribution in [0.5, 0.6) is 5.75 Å². The van der Waals surface area contributed by atoms with E-state index in [1.807, 2.05) is 12.1 Å². The first kappa shape index (κ1) is 40.1. The molecular weight excluding hydrogens is 731 g/mol. The zero-order valence-corrected chi connectivity index (χ0v) is 32.9. The topological polar surface area (TPSA) is 216 Å². The Morgan fingerprint density at radius 3 is 2.35 bits per heavy atom. The van der Waals surface area contributed by atoms with Gasteiger partial charge in [0, 0.05) is 12.8 Å². The summed E-state index contributed by atoms with van der Waals surface area (Å²) in [4.78, 5) is 43.0. The van der Waals surface area contributed by atoms with Gasteiger partial charge in [-0.15, -0.1) is 0 Å². The maximum absolute atomic E-state index is 14.7. The summed E-state index contributed by atoms with van der Waals surface area (Å²) >= 11 is 0. The lowest BCUT2D eigenvalue weighted by Crippen LogP contribution is -2.49. The molecule has 6 atom stereocenters. The summed E-state index contributed by atoms with van der Waals surface area (Å²) < 4.78 is 51.8. The van der Waals surface area contributed by atoms with E-state index in [0.29, 0.717) is 5.52 Å². The van der Waals surface area contributed by atoms with E-state index in [4.69, 9.17) is 33.7 Å². The largest absolute Gasteiger partial charge is 0.461 e. The van der Waals surface area contributed by atoms with Crippen molar-refractivity contribution in [3.63, 3.8) is 0 Å². The van der Waals surface area contributed by atoms with Crippen molar-refractivity contribution in [2.45, 2.75) is 128 Å². The number of carbonyl (C=O) groups is 3. The first-order valence-corrected chi connectivity index (χ1v) is 20.2. The Labute approximate surface area is 319 Å². The number of carbonyl (C=O) groups excluding carboxylic acids is 3. The van der Waals surface area contributed by atoms with Crippen molar-refractivity contribution in [3.05, 3.63) is 54.0 Å². The van der Waals surface area contributed by atoms with E-state index < -0.39 is 62.2 Å². The van der Waals surface area contributed by atoms with Crippen LogP contribution in [0.3, 0.4) is 0 Å². The van der Waals surface area contributed by atoms with Crippen LogP contribution in [0.2, 0.25) is 0 Å². The fourth-order valence-corrected chi connectivity index (χ4v) is 8.81. The molecule has 1 saturated heterocycles. The van der Waals surface area contributed by atoms with Crippen LogP contribution < -0.4 is 15.3 Å². The first-order valence-electron chi connectivity index (χ1n) is 18.6. The molecule has 2 aromatic heterocycles. The second-order valence-electron chi connectivity index (χ2n) is 15.6. The second kappa shape index (κ2) is 15.5. The molecule has 296 valence electrons. The summed E-state index contributed by atoms with van der Waals surface area (Å²) in [5, 5.41) is 17.8. The van der Waals surface area contributed by atoms with E-state index in [2.05, 4.69) is 42.0 Å². The van der Waals surface area contributed by atoms with Gasteiger partial charge in [-0.05, 0) is 73.3 Å². The van der Waals surface area contributed by atoms with Crippen molar-refractivity contribution >= 4 is 37.0 Å². The number of hydrogen-bond acceptors (Lipinski definition) is 14. The molecule has 55 heavy (non-hydrogen) atoms. The average Bonchev–Trinajstić information content (AvgIpc) is 3.68. The number of hydrogen-bond donors (Lipinski definition) is 2. The highest BCUT2D eigenvalue weighted by Crippen LogP contribution is 2.57. The van der Waals surface area contributed by atoms with Gasteiger partial charge in [0.1, 0.15) is 41.9 Å². The van der Waals surface area contributed by atoms with E-state index in [-0.39, 0.29) is 47.0 Å². The number of rotatable bonds is 14. The normalized spacial score (nSPS) is 24.9. The maximum atomic E-state index is 14.7. The van der Waals surface area contributed by atoms with E-state index in [0.717, 1.165) is 31.2 Å². The molecule has 1 aliphatic heterocycles. The molecule has 0 bridgehead atoms. The molecule has 0 amide bonds. The van der Waals surface area contributed by atoms with Crippen molar-refractivity contribution in [2.75, 3.05) is 12.3 Å². The number of nitrogens with two attached hydrogens (primary N) is 1. The molecule has 1 unspecified atom stereocenters. The molecule has 2 aliphatic carbocycles. The van der Waals surface area contributed by atoms with Gasteiger partial charge in [-0.3, -0.25) is 18.9 Å². The number of nitrogen functional groups attached to an aromatic ring is 1. The number of fused-ring (bicyclic) bond motifs is 1. The quantitative estimate of drug-likeness (QED) is 0.119. The summed E-state index contributed by atoms with van der Waals surface area (Å²) in [6.45, 7) is 10.2. The molecule has 0 radical (unpaired) electrons. The van der Waals surface area contributed by atoms with Gasteiger partial charge in [0.05, 0.1) is 12.3 Å². The molecule has 3 N–H and O–H groups in total. The summed E-state index contributed by atoms with van der Waals surface area (Å²) in [6, 6.07) is 11.0. The fourth-order valence-electron chi connectivity index (χ4n) is 7.31. The predicted octanol–water partition coefficient (Wildman–Crippen LogP) is 5.43. The lowest BCUT2D eigenvalue weighted by atomic mass is 9.55. The molecule has 3 aliphatic rings. The Hall–Kier alpha value is -4.55. The van der Waals surface area contributed by atoms with Gasteiger partial charge in [0.2, 0.25) is 5.60 Å². The van der Waals surface area contributed by atoms with Crippen LogP contribution in [0, 0.1) is 16.7 Å². The number of benzene rings is 1. The molecule has 3 fully saturated rings. The second-order valence-corrected chi connectivity index (χ2v) is 17.3. The molecule has 2 saturated carbocycles. The lowest BCUT2D eigenvalue weighted by Gasteiger charge is -2.53. The minimum Gasteiger partial charge on any atom is -0.461 e. The lowest BCUT2D eigenvalue weighted by molar-refractivity contribution is -0.169. The summed E-state index contributed by atoms with van der Waals surface area (Å²) in [7, 11) is -4.49. The molecule has 1 spiro atoms. The van der Waals surface area contributed by atoms with Crippen LogP contribution in [0.1, 0.15) is 97.7 Å². The summed E-state index contributed by atoms with van der Waals surface area (Å²) in [5.41, 5.74) is 5.48. The van der Waals surface area contributed by atoms with Gasteiger partial charge < -0.3 is 29.2 Å². The number of nitrogens with zero attached hydrogens (tertiary/aromatic N) is 4. The number of aromatic nitrogens is 3. The van der Waals surface area contributed by atoms with Crippen molar-refractivity contribution in [1.82, 2.24) is 19.7 Å². The SMILES string of the molecule is CCC(=O)O[C@H]1[C@@H](OC(=O)CC)[C@](C#N)(c2ccc3c(N)ncnn23)O[C@@H]1COP(=O)(N[C@@H](C)C(=O)OC1CC2(CCC2)C1)Oc1ccc(C(C)(C)C)cc1. The minimum absolute atomic E-state index is 0.0641. The number of ether oxygens (including phenoxy) is 4. The van der Waals surface area contributed by atoms with E-state index in [1.165, 1.54) is 30.3 Å². The van der Waals surface area contributed by atoms with Gasteiger partial charge in [0.15, 0.2) is 18.0 Å². The Morgan fingerprint density at radius 2 is 1.75 bits per heavy atom. The summed E-state index contributed by atoms with van der Waals surface area (Å²) in [6.07, 6.45) is 1.51. The van der Waals surface area contributed by atoms with Crippen molar-refractivity contribution in [2.24, 2.45) is 5.41 Å². The minimum atomic E-state index is -4.49. The third-order valence-corrected chi connectivity index (χ3v) is 12.3. The van der Waals surface area contributed by atoms with Crippen LogP contribution in [-0.2, 0) is 53.4 Å². The Morgan fingerprint density at radius 1 is 1.07 bits per heavy atom. The van der Waals surface area contributed by atoms with Gasteiger partial charge in [-0.2, -0.15) is 15.4 Å². The van der Waals surface area contributed by atoms with E-state index in [1.54, 1.807) is 32.0 Å². The molecule has 6 rings (SSSR count).